The number of fused-ring (bicyclic) bond motifs is 2. The van der Waals surface area contributed by atoms with Gasteiger partial charge in [0.25, 0.3) is 5.91 Å². The minimum absolute atomic E-state index is 0.132. The number of rotatable bonds is 1. The lowest BCUT2D eigenvalue weighted by atomic mass is 9.67. The lowest BCUT2D eigenvalue weighted by Gasteiger charge is -2.50. The lowest BCUT2D eigenvalue weighted by Crippen LogP contribution is -2.54. The molecule has 3 aliphatic rings. The molecule has 2 N–H and O–H groups in total. The third kappa shape index (κ3) is 2.22. The highest BCUT2D eigenvalue weighted by Gasteiger charge is 2.59. The third-order valence-electron chi connectivity index (χ3n) is 6.06. The molecule has 5 nitrogen and oxygen atoms in total. The van der Waals surface area contributed by atoms with Gasteiger partial charge in [0.2, 0.25) is 0 Å². The molecule has 0 saturated heterocycles. The van der Waals surface area contributed by atoms with E-state index in [0.29, 0.717) is 17.7 Å². The highest BCUT2D eigenvalue weighted by molar-refractivity contribution is 6.07. The summed E-state index contributed by atoms with van der Waals surface area (Å²) < 4.78 is 20.0. The molecule has 2 spiro atoms. The van der Waals surface area contributed by atoms with Crippen LogP contribution in [-0.4, -0.2) is 29.4 Å². The molecular weight excluding hydrogens is 345 g/mol. The van der Waals surface area contributed by atoms with Gasteiger partial charge in [0.1, 0.15) is 17.2 Å². The number of halogens is 1. The molecule has 6 heteroatoms. The van der Waals surface area contributed by atoms with Crippen LogP contribution in [0.2, 0.25) is 0 Å². The van der Waals surface area contributed by atoms with E-state index in [1.165, 1.54) is 17.0 Å². The lowest BCUT2D eigenvalue weighted by molar-refractivity contribution is -0.136. The fourth-order valence-corrected chi connectivity index (χ4v) is 4.46. The summed E-state index contributed by atoms with van der Waals surface area (Å²) in [4.78, 5) is 19.2. The van der Waals surface area contributed by atoms with Gasteiger partial charge in [0.05, 0.1) is 0 Å². The van der Waals surface area contributed by atoms with E-state index in [4.69, 9.17) is 10.5 Å². The van der Waals surface area contributed by atoms with Crippen LogP contribution in [0.3, 0.4) is 0 Å². The monoisotopic (exact) mass is 365 g/mol. The zero-order valence-corrected chi connectivity index (χ0v) is 15.0. The van der Waals surface area contributed by atoms with Gasteiger partial charge < -0.3 is 10.5 Å². The average molecular weight is 365 g/mol. The molecule has 2 aromatic carbocycles. The van der Waals surface area contributed by atoms with Crippen LogP contribution in [0.1, 0.15) is 31.2 Å². The second-order valence-corrected chi connectivity index (χ2v) is 7.73. The summed E-state index contributed by atoms with van der Waals surface area (Å²) in [6.45, 7) is 0. The maximum absolute atomic E-state index is 13.7. The van der Waals surface area contributed by atoms with Gasteiger partial charge >= 0.3 is 0 Å². The van der Waals surface area contributed by atoms with Crippen LogP contribution in [0.25, 0.3) is 11.1 Å². The Morgan fingerprint density at radius 3 is 2.59 bits per heavy atom. The molecule has 5 rings (SSSR count). The second-order valence-electron chi connectivity index (χ2n) is 7.73. The molecule has 0 radical (unpaired) electrons. The summed E-state index contributed by atoms with van der Waals surface area (Å²) in [6.07, 6.45) is 3.39. The van der Waals surface area contributed by atoms with Crippen molar-refractivity contribution in [3.8, 4) is 16.9 Å². The SMILES string of the molecule is CN1C(=O)C2(CC3(CCC3)Oc3ccc(-c4cccc(F)c4)cc32)N=C1N. The van der Waals surface area contributed by atoms with Gasteiger partial charge in [-0.05, 0) is 54.7 Å². The minimum atomic E-state index is -1.06. The second kappa shape index (κ2) is 5.31. The van der Waals surface area contributed by atoms with E-state index in [9.17, 15) is 9.18 Å². The fraction of sp³-hybridized carbons (Fsp3) is 0.333. The normalized spacial score (nSPS) is 25.2. The van der Waals surface area contributed by atoms with E-state index in [0.717, 1.165) is 30.4 Å². The standard InChI is InChI=1S/C21H20FN3O2/c1-25-18(26)21(24-19(25)23)12-20(8-3-9-20)27-17-7-6-14(11-16(17)21)13-4-2-5-15(22)10-13/h2,4-7,10-11H,3,8-9,12H2,1H3,(H2,23,24). The molecule has 27 heavy (non-hydrogen) atoms. The maximum atomic E-state index is 13.7. The summed E-state index contributed by atoms with van der Waals surface area (Å²) >= 11 is 0. The molecule has 1 unspecified atom stereocenters. The van der Waals surface area contributed by atoms with Gasteiger partial charge in [0, 0.05) is 19.0 Å². The summed E-state index contributed by atoms with van der Waals surface area (Å²) in [5.41, 5.74) is 6.87. The Hall–Kier alpha value is -2.89. The van der Waals surface area contributed by atoms with Crippen LogP contribution in [0, 0.1) is 5.82 Å². The summed E-state index contributed by atoms with van der Waals surface area (Å²) in [5.74, 6) is 0.454. The van der Waals surface area contributed by atoms with Crippen molar-refractivity contribution in [1.82, 2.24) is 4.90 Å². The number of hydrogen-bond acceptors (Lipinski definition) is 4. The molecule has 138 valence electrons. The Bertz CT molecular complexity index is 999. The van der Waals surface area contributed by atoms with Crippen LogP contribution in [0.5, 0.6) is 5.75 Å². The Morgan fingerprint density at radius 2 is 1.96 bits per heavy atom. The number of guanidine groups is 1. The first-order valence-electron chi connectivity index (χ1n) is 9.16. The number of carbonyl (C=O) groups is 1. The van der Waals surface area contributed by atoms with E-state index < -0.39 is 5.54 Å². The topological polar surface area (TPSA) is 67.9 Å². The van der Waals surface area contributed by atoms with Gasteiger partial charge in [-0.2, -0.15) is 0 Å². The van der Waals surface area contributed by atoms with Crippen molar-refractivity contribution in [2.45, 2.75) is 36.8 Å². The molecule has 1 atom stereocenters. The van der Waals surface area contributed by atoms with E-state index in [1.807, 2.05) is 24.3 Å². The Labute approximate surface area is 156 Å². The number of carbonyl (C=O) groups excluding carboxylic acids is 1. The minimum Gasteiger partial charge on any atom is -0.487 e. The number of amides is 1. The van der Waals surface area contributed by atoms with Crippen LogP contribution >= 0.6 is 0 Å². The number of likely N-dealkylation sites (N-methyl/N-ethyl adjacent to an activating group) is 1. The third-order valence-corrected chi connectivity index (χ3v) is 6.06. The van der Waals surface area contributed by atoms with Crippen molar-refractivity contribution >= 4 is 11.9 Å². The average Bonchev–Trinajstić information content (AvgIpc) is 2.84. The Kier molecular flexibility index (Phi) is 3.21. The molecule has 2 heterocycles. The van der Waals surface area contributed by atoms with Crippen molar-refractivity contribution in [1.29, 1.82) is 0 Å². The number of benzene rings is 2. The summed E-state index contributed by atoms with van der Waals surface area (Å²) in [6, 6.07) is 12.1. The van der Waals surface area contributed by atoms with Crippen LogP contribution in [0.4, 0.5) is 4.39 Å². The van der Waals surface area contributed by atoms with Gasteiger partial charge in [-0.25, -0.2) is 9.38 Å². The van der Waals surface area contributed by atoms with E-state index in [2.05, 4.69) is 4.99 Å². The van der Waals surface area contributed by atoms with E-state index >= 15 is 0 Å². The zero-order chi connectivity index (χ0) is 18.8. The number of hydrogen-bond donors (Lipinski definition) is 1. The van der Waals surface area contributed by atoms with Crippen molar-refractivity contribution in [2.75, 3.05) is 7.05 Å². The van der Waals surface area contributed by atoms with Crippen molar-refractivity contribution < 1.29 is 13.9 Å². The number of nitrogens with two attached hydrogens (primary N) is 1. The highest BCUT2D eigenvalue weighted by Crippen LogP contribution is 2.55. The van der Waals surface area contributed by atoms with Gasteiger partial charge in [0.15, 0.2) is 11.5 Å². The molecule has 2 aromatic rings. The number of nitrogens with zero attached hydrogens (tertiary/aromatic N) is 2. The molecule has 0 aromatic heterocycles. The largest absolute Gasteiger partial charge is 0.487 e. The predicted octanol–water partition coefficient (Wildman–Crippen LogP) is 3.18. The van der Waals surface area contributed by atoms with Gasteiger partial charge in [-0.1, -0.05) is 18.2 Å². The van der Waals surface area contributed by atoms with Crippen molar-refractivity contribution in [2.24, 2.45) is 10.7 Å². The highest BCUT2D eigenvalue weighted by atomic mass is 19.1. The predicted molar refractivity (Wildman–Crippen MR) is 99.7 cm³/mol. The Balaban J connectivity index is 1.70. The summed E-state index contributed by atoms with van der Waals surface area (Å²) in [7, 11) is 1.65. The van der Waals surface area contributed by atoms with E-state index in [-0.39, 0.29) is 23.3 Å². The maximum Gasteiger partial charge on any atom is 0.261 e. The fourth-order valence-electron chi connectivity index (χ4n) is 4.46. The molecule has 1 amide bonds. The molecule has 0 bridgehead atoms. The molecule has 1 saturated carbocycles. The first-order valence-corrected chi connectivity index (χ1v) is 9.16. The van der Waals surface area contributed by atoms with Crippen LogP contribution in [0.15, 0.2) is 47.5 Å². The van der Waals surface area contributed by atoms with Crippen molar-refractivity contribution in [3.05, 3.63) is 53.8 Å². The van der Waals surface area contributed by atoms with Crippen LogP contribution < -0.4 is 10.5 Å². The first-order chi connectivity index (χ1) is 12.9. The molecule has 1 fully saturated rings. The smallest absolute Gasteiger partial charge is 0.261 e. The molecular formula is C21H20FN3O2. The van der Waals surface area contributed by atoms with Crippen LogP contribution in [-0.2, 0) is 10.3 Å². The van der Waals surface area contributed by atoms with E-state index in [1.54, 1.807) is 13.1 Å². The van der Waals surface area contributed by atoms with Gasteiger partial charge in [-0.15, -0.1) is 0 Å². The Morgan fingerprint density at radius 1 is 1.19 bits per heavy atom. The summed E-state index contributed by atoms with van der Waals surface area (Å²) in [5, 5.41) is 0. The zero-order valence-electron chi connectivity index (χ0n) is 15.0. The number of ether oxygens (including phenoxy) is 1. The molecule has 2 aliphatic heterocycles. The first kappa shape index (κ1) is 16.3. The number of aliphatic imine (C=N–C) groups is 1. The molecule has 1 aliphatic carbocycles. The quantitative estimate of drug-likeness (QED) is 0.844. The van der Waals surface area contributed by atoms with Gasteiger partial charge in [-0.3, -0.25) is 9.69 Å². The van der Waals surface area contributed by atoms with Crippen molar-refractivity contribution in [3.63, 3.8) is 0 Å².